The number of fused-ring (bicyclic) bond motifs is 2. The van der Waals surface area contributed by atoms with Gasteiger partial charge in [0.05, 0.1) is 13.2 Å². The first-order chi connectivity index (χ1) is 22.2. The molecule has 0 radical (unpaired) electrons. The van der Waals surface area contributed by atoms with Crippen LogP contribution >= 0.6 is 23.2 Å². The maximum absolute atomic E-state index is 12.1. The minimum atomic E-state index is -0.0796. The third-order valence-corrected chi connectivity index (χ3v) is 9.08. The predicted octanol–water partition coefficient (Wildman–Crippen LogP) is 6.98. The number of hydrogen-bond donors (Lipinski definition) is 2. The highest BCUT2D eigenvalue weighted by atomic mass is 35.5. The van der Waals surface area contributed by atoms with Crippen LogP contribution in [0.3, 0.4) is 0 Å². The summed E-state index contributed by atoms with van der Waals surface area (Å²) >= 11 is 12.0. The maximum atomic E-state index is 12.1. The molecule has 46 heavy (non-hydrogen) atoms. The summed E-state index contributed by atoms with van der Waals surface area (Å²) in [4.78, 5) is 27.8. The van der Waals surface area contributed by atoms with Crippen molar-refractivity contribution < 1.29 is 19.8 Å². The smallest absolute Gasteiger partial charge is 0.246 e. The Hall–Kier alpha value is -4.20. The third-order valence-electron chi connectivity index (χ3n) is 8.58. The largest absolute Gasteiger partial charge is 0.392 e. The van der Waals surface area contributed by atoms with Gasteiger partial charge in [0.1, 0.15) is 0 Å². The molecule has 2 heterocycles. The van der Waals surface area contributed by atoms with Crippen LogP contribution in [-0.2, 0) is 35.9 Å². The van der Waals surface area contributed by atoms with Crippen molar-refractivity contribution in [2.45, 2.75) is 38.1 Å². The van der Waals surface area contributed by atoms with E-state index in [1.54, 1.807) is 9.80 Å². The van der Waals surface area contributed by atoms with Gasteiger partial charge in [0.25, 0.3) is 0 Å². The van der Waals surface area contributed by atoms with Crippen LogP contribution in [0.25, 0.3) is 0 Å². The molecule has 0 saturated carbocycles. The van der Waals surface area contributed by atoms with Crippen LogP contribution in [0, 0.1) is 0 Å². The second-order valence-corrected chi connectivity index (χ2v) is 12.3. The van der Waals surface area contributed by atoms with Gasteiger partial charge in [-0.1, -0.05) is 97.0 Å². The van der Waals surface area contributed by atoms with Gasteiger partial charge in [-0.05, 0) is 80.9 Å². The molecule has 0 aromatic heterocycles. The minimum Gasteiger partial charge on any atom is -0.392 e. The lowest BCUT2D eigenvalue weighted by Crippen LogP contribution is -2.37. The van der Waals surface area contributed by atoms with Crippen molar-refractivity contribution in [3.63, 3.8) is 0 Å². The van der Waals surface area contributed by atoms with Crippen molar-refractivity contribution in [3.8, 4) is 0 Å². The molecule has 2 aliphatic heterocycles. The van der Waals surface area contributed by atoms with Crippen molar-refractivity contribution in [1.82, 2.24) is 9.80 Å². The lowest BCUT2D eigenvalue weighted by atomic mass is 9.84. The Morgan fingerprint density at radius 3 is 1.35 bits per heavy atom. The van der Waals surface area contributed by atoms with Crippen LogP contribution in [0.4, 0.5) is 0 Å². The zero-order valence-corrected chi connectivity index (χ0v) is 26.9. The van der Waals surface area contributed by atoms with Crippen LogP contribution in [0.1, 0.15) is 56.3 Å². The lowest BCUT2D eigenvalue weighted by Gasteiger charge is -2.35. The Morgan fingerprint density at radius 1 is 0.652 bits per heavy atom. The summed E-state index contributed by atoms with van der Waals surface area (Å²) in [5, 5.41) is 20.1. The molecule has 4 aromatic rings. The van der Waals surface area contributed by atoms with Gasteiger partial charge in [0.15, 0.2) is 0 Å². The molecule has 8 heteroatoms. The average molecular weight is 656 g/mol. The molecule has 6 rings (SSSR count). The summed E-state index contributed by atoms with van der Waals surface area (Å²) in [6.07, 6.45) is 2.69. The molecule has 2 N–H and O–H groups in total. The van der Waals surface area contributed by atoms with E-state index >= 15 is 0 Å². The fourth-order valence-corrected chi connectivity index (χ4v) is 6.45. The van der Waals surface area contributed by atoms with Crippen molar-refractivity contribution in [2.24, 2.45) is 0 Å². The Balaban J connectivity index is 0.000000181. The number of carbonyl (C=O) groups excluding carboxylic acids is 2. The summed E-state index contributed by atoms with van der Waals surface area (Å²) < 4.78 is 0. The Bertz CT molecular complexity index is 1610. The molecule has 0 saturated heterocycles. The molecule has 4 aromatic carbocycles. The summed E-state index contributed by atoms with van der Waals surface area (Å²) in [5.41, 5.74) is 8.46. The molecule has 0 spiro atoms. The van der Waals surface area contributed by atoms with Crippen molar-refractivity contribution in [2.75, 3.05) is 13.1 Å². The van der Waals surface area contributed by atoms with Gasteiger partial charge in [-0.15, -0.1) is 0 Å². The highest BCUT2D eigenvalue weighted by Gasteiger charge is 2.30. The van der Waals surface area contributed by atoms with Crippen molar-refractivity contribution in [1.29, 1.82) is 0 Å². The minimum absolute atomic E-state index is 0.00566. The highest BCUT2D eigenvalue weighted by molar-refractivity contribution is 6.30. The van der Waals surface area contributed by atoms with Crippen LogP contribution in [0.2, 0.25) is 10.0 Å². The van der Waals surface area contributed by atoms with E-state index in [-0.39, 0.29) is 36.9 Å². The van der Waals surface area contributed by atoms with E-state index in [1.165, 1.54) is 23.3 Å². The Kier molecular flexibility index (Phi) is 10.8. The zero-order chi connectivity index (χ0) is 32.8. The van der Waals surface area contributed by atoms with E-state index in [0.29, 0.717) is 36.2 Å². The SMILES string of the molecule is C=CC(=O)N1Cc2cc(CO)ccc2[C@@H](c2ccc(Cl)cc2)C1.C=CC(=O)N1Cc2cc(CO)ccc2[C@H](c2ccc(Cl)cc2)C1. The number of amides is 2. The molecular weight excluding hydrogens is 619 g/mol. The number of carbonyl (C=O) groups is 2. The molecule has 0 bridgehead atoms. The highest BCUT2D eigenvalue weighted by Crippen LogP contribution is 2.36. The second kappa shape index (κ2) is 14.9. The van der Waals surface area contributed by atoms with Gasteiger partial charge in [-0.2, -0.15) is 0 Å². The van der Waals surface area contributed by atoms with E-state index in [9.17, 15) is 19.8 Å². The Labute approximate surface area is 279 Å². The molecule has 2 amide bonds. The number of benzene rings is 4. The first-order valence-electron chi connectivity index (χ1n) is 15.0. The number of aliphatic hydroxyl groups excluding tert-OH is 2. The van der Waals surface area contributed by atoms with Gasteiger partial charge in [-0.25, -0.2) is 0 Å². The fourth-order valence-electron chi connectivity index (χ4n) is 6.20. The quantitative estimate of drug-likeness (QED) is 0.220. The summed E-state index contributed by atoms with van der Waals surface area (Å²) in [6.45, 7) is 9.46. The normalized spacial score (nSPS) is 16.8. The number of rotatable bonds is 6. The number of nitrogens with zero attached hydrogens (tertiary/aromatic N) is 2. The molecular formula is C38H36Cl2N2O4. The van der Waals surface area contributed by atoms with Crippen molar-refractivity contribution >= 4 is 35.0 Å². The molecule has 2 atom stereocenters. The van der Waals surface area contributed by atoms with Crippen molar-refractivity contribution in [3.05, 3.63) is 165 Å². The molecule has 6 nitrogen and oxygen atoms in total. The molecule has 0 unspecified atom stereocenters. The zero-order valence-electron chi connectivity index (χ0n) is 25.4. The maximum Gasteiger partial charge on any atom is 0.246 e. The van der Waals surface area contributed by atoms with E-state index in [4.69, 9.17) is 23.2 Å². The molecule has 0 fully saturated rings. The number of halogens is 2. The van der Waals surface area contributed by atoms with E-state index in [2.05, 4.69) is 25.3 Å². The van der Waals surface area contributed by atoms with Gasteiger partial charge < -0.3 is 20.0 Å². The monoisotopic (exact) mass is 654 g/mol. The number of aliphatic hydroxyl groups is 2. The standard InChI is InChI=1S/2C19H18ClNO2/c2*1-2-19(23)21-10-15-9-13(12-22)3-8-17(15)18(11-21)14-4-6-16(20)7-5-14/h2*2-9,18,22H,1,10-12H2/t2*18-/m10/s1. The van der Waals surface area contributed by atoms with Crippen LogP contribution in [0.5, 0.6) is 0 Å². The second-order valence-electron chi connectivity index (χ2n) is 11.4. The number of hydrogen-bond acceptors (Lipinski definition) is 4. The van der Waals surface area contributed by atoms with Gasteiger partial charge in [0.2, 0.25) is 11.8 Å². The Morgan fingerprint density at radius 2 is 1.02 bits per heavy atom. The first kappa shape index (κ1) is 33.2. The van der Waals surface area contributed by atoms with Crippen LogP contribution in [-0.4, -0.2) is 44.9 Å². The summed E-state index contributed by atoms with van der Waals surface area (Å²) in [5.74, 6) is 0.0216. The first-order valence-corrected chi connectivity index (χ1v) is 15.8. The van der Waals surface area contributed by atoms with Crippen LogP contribution < -0.4 is 0 Å². The summed E-state index contributed by atoms with van der Waals surface area (Å²) in [6, 6.07) is 27.4. The molecule has 2 aliphatic rings. The molecule has 236 valence electrons. The van der Waals surface area contributed by atoms with Gasteiger partial charge in [-0.3, -0.25) is 9.59 Å². The van der Waals surface area contributed by atoms with E-state index < -0.39 is 0 Å². The third kappa shape index (κ3) is 7.43. The predicted molar refractivity (Wildman–Crippen MR) is 183 cm³/mol. The van der Waals surface area contributed by atoms with E-state index in [0.717, 1.165) is 33.4 Å². The van der Waals surface area contributed by atoms with Gasteiger partial charge in [0, 0.05) is 48.1 Å². The lowest BCUT2D eigenvalue weighted by molar-refractivity contribution is -0.127. The van der Waals surface area contributed by atoms with E-state index in [1.807, 2.05) is 72.8 Å². The van der Waals surface area contributed by atoms with Gasteiger partial charge >= 0.3 is 0 Å². The average Bonchev–Trinajstić information content (AvgIpc) is 3.10. The molecule has 0 aliphatic carbocycles. The fraction of sp³-hybridized carbons (Fsp3) is 0.211. The summed E-state index contributed by atoms with van der Waals surface area (Å²) in [7, 11) is 0. The topological polar surface area (TPSA) is 81.1 Å². The van der Waals surface area contributed by atoms with Crippen LogP contribution in [0.15, 0.2) is 110 Å².